The van der Waals surface area contributed by atoms with Gasteiger partial charge in [-0.1, -0.05) is 13.0 Å². The summed E-state index contributed by atoms with van der Waals surface area (Å²) in [6.07, 6.45) is 3.88. The van der Waals surface area contributed by atoms with Crippen molar-refractivity contribution < 1.29 is 4.79 Å². The lowest BCUT2D eigenvalue weighted by Crippen LogP contribution is -2.46. The van der Waals surface area contributed by atoms with Crippen molar-refractivity contribution in [2.45, 2.75) is 18.4 Å². The Hall–Kier alpha value is -2.05. The SMILES string of the molecule is CCN1CCN(c2ccc(CNC(=O)c3ccc(SC)cc3)cn2)CC1. The van der Waals surface area contributed by atoms with Gasteiger partial charge in [0.15, 0.2) is 0 Å². The van der Waals surface area contributed by atoms with Gasteiger partial charge in [0.05, 0.1) is 0 Å². The molecule has 1 aromatic carbocycles. The summed E-state index contributed by atoms with van der Waals surface area (Å²) < 4.78 is 0. The van der Waals surface area contributed by atoms with Gasteiger partial charge in [-0.2, -0.15) is 0 Å². The van der Waals surface area contributed by atoms with Gasteiger partial charge in [0.1, 0.15) is 5.82 Å². The number of aromatic nitrogens is 1. The summed E-state index contributed by atoms with van der Waals surface area (Å²) in [5.74, 6) is 0.959. The molecule has 26 heavy (non-hydrogen) atoms. The highest BCUT2D eigenvalue weighted by Crippen LogP contribution is 2.16. The van der Waals surface area contributed by atoms with E-state index >= 15 is 0 Å². The van der Waals surface area contributed by atoms with Crippen molar-refractivity contribution in [2.75, 3.05) is 43.9 Å². The summed E-state index contributed by atoms with van der Waals surface area (Å²) in [5.41, 5.74) is 1.69. The van der Waals surface area contributed by atoms with Gasteiger partial charge in [-0.25, -0.2) is 4.98 Å². The number of hydrogen-bond acceptors (Lipinski definition) is 5. The summed E-state index contributed by atoms with van der Waals surface area (Å²) in [6, 6.07) is 11.8. The first-order chi connectivity index (χ1) is 12.7. The maximum Gasteiger partial charge on any atom is 0.251 e. The Morgan fingerprint density at radius 2 is 1.85 bits per heavy atom. The molecule has 1 aromatic heterocycles. The summed E-state index contributed by atoms with van der Waals surface area (Å²) in [4.78, 5) is 22.7. The largest absolute Gasteiger partial charge is 0.354 e. The van der Waals surface area contributed by atoms with Gasteiger partial charge in [0, 0.05) is 49.4 Å². The molecular weight excluding hydrogens is 344 g/mol. The van der Waals surface area contributed by atoms with Crippen molar-refractivity contribution in [3.63, 3.8) is 0 Å². The standard InChI is InChI=1S/C20H26N4OS/c1-3-23-10-12-24(13-11-23)19-9-4-16(14-21-19)15-22-20(25)17-5-7-18(26-2)8-6-17/h4-9,14H,3,10-13,15H2,1-2H3,(H,22,25). The summed E-state index contributed by atoms with van der Waals surface area (Å²) in [7, 11) is 0. The number of carbonyl (C=O) groups is 1. The number of hydrogen-bond donors (Lipinski definition) is 1. The first-order valence-electron chi connectivity index (χ1n) is 9.04. The fourth-order valence-electron chi connectivity index (χ4n) is 3.03. The highest BCUT2D eigenvalue weighted by atomic mass is 32.2. The molecule has 0 atom stereocenters. The first kappa shape index (κ1) is 18.7. The van der Waals surface area contributed by atoms with E-state index in [1.165, 1.54) is 0 Å². The van der Waals surface area contributed by atoms with Crippen LogP contribution in [0.3, 0.4) is 0 Å². The van der Waals surface area contributed by atoms with Crippen LogP contribution in [0.2, 0.25) is 0 Å². The second-order valence-electron chi connectivity index (χ2n) is 6.36. The first-order valence-corrected chi connectivity index (χ1v) is 10.3. The summed E-state index contributed by atoms with van der Waals surface area (Å²) >= 11 is 1.67. The van der Waals surface area contributed by atoms with Crippen LogP contribution in [0.5, 0.6) is 0 Å². The molecule has 2 heterocycles. The van der Waals surface area contributed by atoms with E-state index in [-0.39, 0.29) is 5.91 Å². The van der Waals surface area contributed by atoms with Gasteiger partial charge in [0.2, 0.25) is 0 Å². The second-order valence-corrected chi connectivity index (χ2v) is 7.24. The van der Waals surface area contributed by atoms with Crippen molar-refractivity contribution in [2.24, 2.45) is 0 Å². The molecular formula is C20H26N4OS. The van der Waals surface area contributed by atoms with Gasteiger partial charge in [-0.05, 0) is 48.7 Å². The molecule has 1 aliphatic heterocycles. The minimum absolute atomic E-state index is 0.0579. The van der Waals surface area contributed by atoms with Crippen LogP contribution in [0.1, 0.15) is 22.8 Å². The van der Waals surface area contributed by atoms with Gasteiger partial charge in [-0.15, -0.1) is 11.8 Å². The number of nitrogens with one attached hydrogen (secondary N) is 1. The number of likely N-dealkylation sites (N-methyl/N-ethyl adjacent to an activating group) is 1. The number of pyridine rings is 1. The molecule has 1 aliphatic rings. The van der Waals surface area contributed by atoms with E-state index < -0.39 is 0 Å². The minimum atomic E-state index is -0.0579. The lowest BCUT2D eigenvalue weighted by Gasteiger charge is -2.34. The summed E-state index contributed by atoms with van der Waals surface area (Å²) in [5, 5.41) is 2.96. The number of benzene rings is 1. The third-order valence-electron chi connectivity index (χ3n) is 4.76. The average Bonchev–Trinajstić information content (AvgIpc) is 2.72. The van der Waals surface area contributed by atoms with E-state index in [1.807, 2.05) is 42.8 Å². The molecule has 2 aromatic rings. The fraction of sp³-hybridized carbons (Fsp3) is 0.400. The molecule has 5 nitrogen and oxygen atoms in total. The lowest BCUT2D eigenvalue weighted by molar-refractivity contribution is 0.0951. The van der Waals surface area contributed by atoms with E-state index in [1.54, 1.807) is 11.8 Å². The van der Waals surface area contributed by atoms with Crippen LogP contribution in [-0.4, -0.2) is 54.8 Å². The van der Waals surface area contributed by atoms with Gasteiger partial charge >= 0.3 is 0 Å². The van der Waals surface area contributed by atoms with Crippen LogP contribution < -0.4 is 10.2 Å². The van der Waals surface area contributed by atoms with Crippen LogP contribution in [0.15, 0.2) is 47.5 Å². The normalized spacial score (nSPS) is 15.1. The summed E-state index contributed by atoms with van der Waals surface area (Å²) in [6.45, 7) is 8.01. The van der Waals surface area contributed by atoms with Gasteiger partial charge in [0.25, 0.3) is 5.91 Å². The molecule has 3 rings (SSSR count). The Morgan fingerprint density at radius 3 is 2.42 bits per heavy atom. The van der Waals surface area contributed by atoms with E-state index in [4.69, 9.17) is 0 Å². The Labute approximate surface area is 159 Å². The maximum atomic E-state index is 12.2. The van der Waals surface area contributed by atoms with Crippen LogP contribution in [0.4, 0.5) is 5.82 Å². The van der Waals surface area contributed by atoms with E-state index in [9.17, 15) is 4.79 Å². The van der Waals surface area contributed by atoms with Gasteiger partial charge in [-0.3, -0.25) is 4.79 Å². The predicted octanol–water partition coefficient (Wildman–Crippen LogP) is 2.88. The Morgan fingerprint density at radius 1 is 1.12 bits per heavy atom. The van der Waals surface area contributed by atoms with Crippen LogP contribution in [-0.2, 0) is 6.54 Å². The number of rotatable bonds is 6. The molecule has 1 N–H and O–H groups in total. The molecule has 6 heteroatoms. The van der Waals surface area contributed by atoms with Crippen molar-refractivity contribution in [1.29, 1.82) is 0 Å². The minimum Gasteiger partial charge on any atom is -0.354 e. The van der Waals surface area contributed by atoms with Gasteiger partial charge < -0.3 is 15.1 Å². The average molecular weight is 371 g/mol. The van der Waals surface area contributed by atoms with E-state index in [0.717, 1.165) is 49.0 Å². The highest BCUT2D eigenvalue weighted by molar-refractivity contribution is 7.98. The molecule has 1 saturated heterocycles. The molecule has 1 fully saturated rings. The topological polar surface area (TPSA) is 48.5 Å². The fourth-order valence-corrected chi connectivity index (χ4v) is 3.44. The number of nitrogens with zero attached hydrogens (tertiary/aromatic N) is 3. The van der Waals surface area contributed by atoms with Crippen molar-refractivity contribution in [3.05, 3.63) is 53.7 Å². The third kappa shape index (κ3) is 4.77. The Balaban J connectivity index is 1.51. The highest BCUT2D eigenvalue weighted by Gasteiger charge is 2.16. The van der Waals surface area contributed by atoms with E-state index in [2.05, 4.69) is 33.1 Å². The monoisotopic (exact) mass is 370 g/mol. The predicted molar refractivity (Wildman–Crippen MR) is 108 cm³/mol. The second kappa shape index (κ2) is 9.05. The number of piperazine rings is 1. The van der Waals surface area contributed by atoms with Crippen LogP contribution >= 0.6 is 11.8 Å². The van der Waals surface area contributed by atoms with Crippen LogP contribution in [0.25, 0.3) is 0 Å². The molecule has 0 spiro atoms. The number of amides is 1. The number of anilines is 1. The molecule has 138 valence electrons. The van der Waals surface area contributed by atoms with Crippen molar-refractivity contribution in [3.8, 4) is 0 Å². The van der Waals surface area contributed by atoms with Crippen molar-refractivity contribution in [1.82, 2.24) is 15.2 Å². The number of thioether (sulfide) groups is 1. The maximum absolute atomic E-state index is 12.2. The molecule has 0 bridgehead atoms. The zero-order valence-corrected chi connectivity index (χ0v) is 16.3. The lowest BCUT2D eigenvalue weighted by atomic mass is 10.2. The zero-order chi connectivity index (χ0) is 18.4. The molecule has 0 saturated carbocycles. The molecule has 0 unspecified atom stereocenters. The zero-order valence-electron chi connectivity index (χ0n) is 15.4. The third-order valence-corrected chi connectivity index (χ3v) is 5.50. The Bertz CT molecular complexity index is 710. The molecule has 0 radical (unpaired) electrons. The molecule has 1 amide bonds. The number of carbonyl (C=O) groups excluding carboxylic acids is 1. The molecule has 0 aliphatic carbocycles. The van der Waals surface area contributed by atoms with Crippen molar-refractivity contribution >= 4 is 23.5 Å². The Kier molecular flexibility index (Phi) is 6.52. The quantitative estimate of drug-likeness (QED) is 0.793. The van der Waals surface area contributed by atoms with E-state index in [0.29, 0.717) is 12.1 Å². The smallest absolute Gasteiger partial charge is 0.251 e. The van der Waals surface area contributed by atoms with Crippen LogP contribution in [0, 0.1) is 0 Å².